The van der Waals surface area contributed by atoms with Crippen molar-refractivity contribution in [1.29, 1.82) is 0 Å². The molecule has 2 aromatic rings. The average Bonchev–Trinajstić information content (AvgIpc) is 2.45. The van der Waals surface area contributed by atoms with Gasteiger partial charge in [0.15, 0.2) is 0 Å². The van der Waals surface area contributed by atoms with Crippen molar-refractivity contribution in [3.8, 4) is 5.75 Å². The van der Waals surface area contributed by atoms with E-state index >= 15 is 0 Å². The zero-order chi connectivity index (χ0) is 12.5. The van der Waals surface area contributed by atoms with Crippen LogP contribution in [0.3, 0.4) is 0 Å². The van der Waals surface area contributed by atoms with E-state index in [4.69, 9.17) is 4.74 Å². The zero-order valence-electron chi connectivity index (χ0n) is 10.3. The van der Waals surface area contributed by atoms with Gasteiger partial charge in [-0.15, -0.1) is 0 Å². The number of hydrogen-bond donors (Lipinski definition) is 1. The Morgan fingerprint density at radius 2 is 1.83 bits per heavy atom. The lowest BCUT2D eigenvalue weighted by atomic mass is 9.75. The summed E-state index contributed by atoms with van der Waals surface area (Å²) in [7, 11) is 0. The highest BCUT2D eigenvalue weighted by molar-refractivity contribution is 5.51. The molecule has 0 aromatic heterocycles. The molecular formula is C16H16O2. The van der Waals surface area contributed by atoms with Gasteiger partial charge in [0.2, 0.25) is 0 Å². The first-order chi connectivity index (χ1) is 8.77. The van der Waals surface area contributed by atoms with Crippen LogP contribution in [0.25, 0.3) is 0 Å². The normalized spacial score (nSPS) is 21.0. The second-order valence-electron chi connectivity index (χ2n) is 4.77. The maximum Gasteiger partial charge on any atom is 0.125 e. The molecule has 1 aliphatic rings. The van der Waals surface area contributed by atoms with Crippen LogP contribution in [0, 0.1) is 0 Å². The van der Waals surface area contributed by atoms with Crippen LogP contribution in [0.5, 0.6) is 5.75 Å². The summed E-state index contributed by atoms with van der Waals surface area (Å²) in [6.45, 7) is 2.58. The Morgan fingerprint density at radius 3 is 2.61 bits per heavy atom. The number of aliphatic hydroxyl groups is 1. The number of rotatable bonds is 3. The SMILES string of the molecule is C[C@H]1c2cccc(OCc3ccccc3)c2[C@@H]1O. The molecule has 0 bridgehead atoms. The summed E-state index contributed by atoms with van der Waals surface area (Å²) in [5.74, 6) is 1.03. The van der Waals surface area contributed by atoms with E-state index in [0.717, 1.165) is 16.9 Å². The summed E-state index contributed by atoms with van der Waals surface area (Å²) in [6.07, 6.45) is -0.382. The smallest absolute Gasteiger partial charge is 0.125 e. The third-order valence-electron chi connectivity index (χ3n) is 3.60. The van der Waals surface area contributed by atoms with Crippen molar-refractivity contribution in [2.75, 3.05) is 0 Å². The van der Waals surface area contributed by atoms with Gasteiger partial charge < -0.3 is 9.84 Å². The van der Waals surface area contributed by atoms with Crippen LogP contribution in [0.2, 0.25) is 0 Å². The molecule has 0 spiro atoms. The van der Waals surface area contributed by atoms with Gasteiger partial charge >= 0.3 is 0 Å². The number of aliphatic hydroxyl groups excluding tert-OH is 1. The van der Waals surface area contributed by atoms with Crippen molar-refractivity contribution in [3.05, 3.63) is 65.2 Å². The van der Waals surface area contributed by atoms with Gasteiger partial charge in [0.1, 0.15) is 12.4 Å². The standard InChI is InChI=1S/C16H16O2/c1-11-13-8-5-9-14(15(13)16(11)17)18-10-12-6-3-2-4-7-12/h2-9,11,16-17H,10H2,1H3/t11-,16+/m0/s1. The van der Waals surface area contributed by atoms with Gasteiger partial charge in [-0.25, -0.2) is 0 Å². The van der Waals surface area contributed by atoms with Crippen molar-refractivity contribution in [2.24, 2.45) is 0 Å². The van der Waals surface area contributed by atoms with E-state index in [2.05, 4.69) is 6.07 Å². The fourth-order valence-corrected chi connectivity index (χ4v) is 2.46. The molecule has 0 heterocycles. The molecule has 0 saturated heterocycles. The maximum absolute atomic E-state index is 9.97. The Morgan fingerprint density at radius 1 is 1.06 bits per heavy atom. The van der Waals surface area contributed by atoms with Crippen LogP contribution < -0.4 is 4.74 Å². The predicted octanol–water partition coefficient (Wildman–Crippen LogP) is 3.42. The van der Waals surface area contributed by atoms with Crippen molar-refractivity contribution in [1.82, 2.24) is 0 Å². The molecule has 2 aromatic carbocycles. The third kappa shape index (κ3) is 1.79. The molecular weight excluding hydrogens is 224 g/mol. The summed E-state index contributed by atoms with van der Waals surface area (Å²) >= 11 is 0. The molecule has 0 amide bonds. The van der Waals surface area contributed by atoms with Crippen LogP contribution in [0.1, 0.15) is 35.6 Å². The van der Waals surface area contributed by atoms with E-state index < -0.39 is 0 Å². The lowest BCUT2D eigenvalue weighted by Gasteiger charge is -2.34. The second kappa shape index (κ2) is 4.46. The van der Waals surface area contributed by atoms with Crippen LogP contribution in [0.15, 0.2) is 48.5 Å². The molecule has 2 heteroatoms. The summed E-state index contributed by atoms with van der Waals surface area (Å²) < 4.78 is 5.81. The number of ether oxygens (including phenoxy) is 1. The van der Waals surface area contributed by atoms with Crippen LogP contribution >= 0.6 is 0 Å². The molecule has 0 unspecified atom stereocenters. The summed E-state index contributed by atoms with van der Waals surface area (Å²) in [5.41, 5.74) is 3.30. The highest BCUT2D eigenvalue weighted by Crippen LogP contribution is 2.48. The highest BCUT2D eigenvalue weighted by atomic mass is 16.5. The van der Waals surface area contributed by atoms with E-state index in [9.17, 15) is 5.11 Å². The zero-order valence-corrected chi connectivity index (χ0v) is 10.3. The van der Waals surface area contributed by atoms with Crippen molar-refractivity contribution in [2.45, 2.75) is 25.6 Å². The van der Waals surface area contributed by atoms with E-state index in [0.29, 0.717) is 6.61 Å². The Hall–Kier alpha value is -1.80. The Kier molecular flexibility index (Phi) is 2.80. The van der Waals surface area contributed by atoms with Crippen molar-refractivity contribution < 1.29 is 9.84 Å². The maximum atomic E-state index is 9.97. The molecule has 0 aliphatic heterocycles. The number of benzene rings is 2. The first-order valence-corrected chi connectivity index (χ1v) is 6.25. The minimum atomic E-state index is -0.382. The molecule has 0 fully saturated rings. The lowest BCUT2D eigenvalue weighted by Crippen LogP contribution is -2.22. The second-order valence-corrected chi connectivity index (χ2v) is 4.77. The molecule has 2 nitrogen and oxygen atoms in total. The quantitative estimate of drug-likeness (QED) is 0.890. The van der Waals surface area contributed by atoms with Gasteiger partial charge in [-0.2, -0.15) is 0 Å². The molecule has 0 saturated carbocycles. The first-order valence-electron chi connectivity index (χ1n) is 6.25. The average molecular weight is 240 g/mol. The Balaban J connectivity index is 1.79. The van der Waals surface area contributed by atoms with E-state index in [1.807, 2.05) is 49.4 Å². The van der Waals surface area contributed by atoms with Gasteiger partial charge in [-0.05, 0) is 17.2 Å². The van der Waals surface area contributed by atoms with Gasteiger partial charge in [0.05, 0.1) is 6.10 Å². The monoisotopic (exact) mass is 240 g/mol. The number of fused-ring (bicyclic) bond motifs is 1. The number of hydrogen-bond acceptors (Lipinski definition) is 2. The molecule has 1 N–H and O–H groups in total. The Bertz CT molecular complexity index is 548. The highest BCUT2D eigenvalue weighted by Gasteiger charge is 2.35. The predicted molar refractivity (Wildman–Crippen MR) is 70.6 cm³/mol. The summed E-state index contributed by atoms with van der Waals surface area (Å²) in [4.78, 5) is 0. The minimum absolute atomic E-state index is 0.222. The first kappa shape index (κ1) is 11.3. The van der Waals surface area contributed by atoms with Crippen LogP contribution in [0.4, 0.5) is 0 Å². The third-order valence-corrected chi connectivity index (χ3v) is 3.60. The van der Waals surface area contributed by atoms with Gasteiger partial charge in [-0.3, -0.25) is 0 Å². The van der Waals surface area contributed by atoms with Gasteiger partial charge in [0.25, 0.3) is 0 Å². The molecule has 2 atom stereocenters. The fourth-order valence-electron chi connectivity index (χ4n) is 2.46. The van der Waals surface area contributed by atoms with Crippen LogP contribution in [-0.4, -0.2) is 5.11 Å². The molecule has 0 radical (unpaired) electrons. The molecule has 1 aliphatic carbocycles. The van der Waals surface area contributed by atoms with Crippen molar-refractivity contribution in [3.63, 3.8) is 0 Å². The largest absolute Gasteiger partial charge is 0.489 e. The lowest BCUT2D eigenvalue weighted by molar-refractivity contribution is 0.116. The van der Waals surface area contributed by atoms with Crippen LogP contribution in [-0.2, 0) is 6.61 Å². The molecule has 18 heavy (non-hydrogen) atoms. The minimum Gasteiger partial charge on any atom is -0.489 e. The fraction of sp³-hybridized carbons (Fsp3) is 0.250. The van der Waals surface area contributed by atoms with Crippen molar-refractivity contribution >= 4 is 0 Å². The van der Waals surface area contributed by atoms with E-state index in [1.54, 1.807) is 0 Å². The summed E-state index contributed by atoms with van der Waals surface area (Å²) in [6, 6.07) is 16.0. The Labute approximate surface area is 107 Å². The van der Waals surface area contributed by atoms with E-state index in [-0.39, 0.29) is 12.0 Å². The van der Waals surface area contributed by atoms with Gasteiger partial charge in [0, 0.05) is 11.5 Å². The molecule has 3 rings (SSSR count). The van der Waals surface area contributed by atoms with Gasteiger partial charge in [-0.1, -0.05) is 49.4 Å². The summed E-state index contributed by atoms with van der Waals surface area (Å²) in [5, 5.41) is 9.97. The molecule has 92 valence electrons. The van der Waals surface area contributed by atoms with E-state index in [1.165, 1.54) is 5.56 Å². The topological polar surface area (TPSA) is 29.5 Å².